The van der Waals surface area contributed by atoms with Crippen LogP contribution in [0.4, 0.5) is 0 Å². The van der Waals surface area contributed by atoms with E-state index in [1.807, 2.05) is 0 Å². The number of carboxylic acids is 2. The van der Waals surface area contributed by atoms with Crippen LogP contribution in [0, 0.1) is 0 Å². The number of hydrogen-bond acceptors (Lipinski definition) is 8. The molecule has 0 aliphatic rings. The van der Waals surface area contributed by atoms with Crippen molar-refractivity contribution in [3.8, 4) is 0 Å². The molecule has 0 N–H and O–H groups in total. The maximum absolute atomic E-state index is 9.87. The van der Waals surface area contributed by atoms with E-state index in [9.17, 15) is 29.4 Å². The normalized spacial score (nSPS) is 7.56. The number of rotatable bonds is 6. The van der Waals surface area contributed by atoms with E-state index in [-0.39, 0.29) is 77.6 Å². The van der Waals surface area contributed by atoms with Gasteiger partial charge in [0.05, 0.1) is 0 Å². The van der Waals surface area contributed by atoms with Crippen molar-refractivity contribution < 1.29 is 81.3 Å². The van der Waals surface area contributed by atoms with Gasteiger partial charge in [-0.3, -0.25) is 0 Å². The predicted octanol–water partition coefficient (Wildman–Crippen LogP) is -5.82. The minimum Gasteiger partial charge on any atom is -0.742 e. The second-order valence-electron chi connectivity index (χ2n) is 2.49. The SMILES string of the molecule is O=C([O-])CCC(=O)[S-].O=C([O-])CCC(=O)[S-].[Au+3].[Na+]. The van der Waals surface area contributed by atoms with Crippen LogP contribution >= 0.6 is 0 Å². The van der Waals surface area contributed by atoms with E-state index in [1.165, 1.54) is 0 Å². The number of carbonyl (C=O) groups excluding carboxylic acids is 4. The molecule has 6 nitrogen and oxygen atoms in total. The van der Waals surface area contributed by atoms with E-state index in [0.717, 1.165) is 0 Å². The maximum atomic E-state index is 9.87. The zero-order chi connectivity index (χ0) is 13.1. The molecule has 0 atom stereocenters. The van der Waals surface area contributed by atoms with Crippen LogP contribution in [0.25, 0.3) is 0 Å². The van der Waals surface area contributed by atoms with Gasteiger partial charge >= 0.3 is 51.9 Å². The van der Waals surface area contributed by atoms with Crippen molar-refractivity contribution in [2.45, 2.75) is 25.7 Å². The molecule has 0 fully saturated rings. The predicted molar refractivity (Wildman–Crippen MR) is 53.2 cm³/mol. The molecule has 0 aliphatic carbocycles. The fourth-order valence-corrected chi connectivity index (χ4v) is 0.612. The molecule has 0 unspecified atom stereocenters. The van der Waals surface area contributed by atoms with Gasteiger partial charge in [0.25, 0.3) is 0 Å². The van der Waals surface area contributed by atoms with Gasteiger partial charge in [-0.25, -0.2) is 0 Å². The molecule has 0 spiro atoms. The molecule has 0 amide bonds. The van der Waals surface area contributed by atoms with Crippen LogP contribution in [0.1, 0.15) is 25.7 Å². The fourth-order valence-electron chi connectivity index (χ4n) is 0.408. The van der Waals surface area contributed by atoms with E-state index in [0.29, 0.717) is 0 Å². The summed E-state index contributed by atoms with van der Waals surface area (Å²) in [6.07, 6.45) is -0.722. The molecule has 0 radical (unpaired) electrons. The molecule has 0 aromatic carbocycles. The quantitative estimate of drug-likeness (QED) is 0.271. The number of aliphatic carboxylic acids is 2. The van der Waals surface area contributed by atoms with Crippen molar-refractivity contribution in [1.29, 1.82) is 0 Å². The average molecular weight is 484 g/mol. The molecule has 18 heavy (non-hydrogen) atoms. The standard InChI is InChI=1S/2C4H6O3S.Au.Na/c2*5-3(6)1-2-4(7)8;;/h2*1-2H2,(H,5,6)(H,7,8);;/q;;+3;+1/p-4. The van der Waals surface area contributed by atoms with Gasteiger partial charge in [-0.1, -0.05) is 0 Å². The first kappa shape index (κ1) is 26.9. The van der Waals surface area contributed by atoms with Crippen molar-refractivity contribution in [3.63, 3.8) is 0 Å². The van der Waals surface area contributed by atoms with E-state index in [1.54, 1.807) is 0 Å². The minimum atomic E-state index is -1.23. The van der Waals surface area contributed by atoms with Gasteiger partial charge in [-0.05, 0) is 25.7 Å². The zero-order valence-corrected chi connectivity index (χ0v) is 15.2. The largest absolute Gasteiger partial charge is 3.00 e. The van der Waals surface area contributed by atoms with Gasteiger partial charge in [0.15, 0.2) is 0 Å². The van der Waals surface area contributed by atoms with Gasteiger partial charge in [-0.2, -0.15) is 0 Å². The Labute approximate surface area is 153 Å². The van der Waals surface area contributed by atoms with Crippen molar-refractivity contribution in [1.82, 2.24) is 0 Å². The van der Waals surface area contributed by atoms with E-state index >= 15 is 0 Å². The monoisotopic (exact) mass is 484 g/mol. The molecule has 0 aliphatic heterocycles. The van der Waals surface area contributed by atoms with E-state index in [2.05, 4.69) is 25.3 Å². The van der Waals surface area contributed by atoms with Crippen LogP contribution in [0.5, 0.6) is 0 Å². The summed E-state index contributed by atoms with van der Waals surface area (Å²) in [5, 5.41) is 18.1. The van der Waals surface area contributed by atoms with Gasteiger partial charge in [0.1, 0.15) is 0 Å². The second kappa shape index (κ2) is 17.5. The molecule has 0 saturated carbocycles. The van der Waals surface area contributed by atoms with Crippen LogP contribution in [0.2, 0.25) is 0 Å². The van der Waals surface area contributed by atoms with Gasteiger partial charge in [0, 0.05) is 22.2 Å². The van der Waals surface area contributed by atoms with Crippen molar-refractivity contribution in [2.75, 3.05) is 0 Å². The second-order valence-corrected chi connectivity index (χ2v) is 3.40. The van der Waals surface area contributed by atoms with Crippen molar-refractivity contribution >= 4 is 47.4 Å². The van der Waals surface area contributed by atoms with Gasteiger partial charge in [-0.15, -0.1) is 0 Å². The summed E-state index contributed by atoms with van der Waals surface area (Å²) in [6, 6.07) is 0. The van der Waals surface area contributed by atoms with Gasteiger partial charge in [0.2, 0.25) is 0 Å². The first-order chi connectivity index (χ1) is 7.25. The summed E-state index contributed by atoms with van der Waals surface area (Å²) >= 11 is 8.13. The Balaban J connectivity index is -0.0000000980. The minimum absolute atomic E-state index is 0. The Kier molecular flexibility index (Phi) is 26.1. The average Bonchev–Trinajstić information content (AvgIpc) is 2.12. The van der Waals surface area contributed by atoms with Crippen molar-refractivity contribution in [2.24, 2.45) is 0 Å². The molecular formula is C8H8AuNaO6S2. The van der Waals surface area contributed by atoms with Gasteiger partial charge < -0.3 is 54.6 Å². The third-order valence-corrected chi connectivity index (χ3v) is 1.47. The van der Waals surface area contributed by atoms with E-state index < -0.39 is 22.2 Å². The Morgan fingerprint density at radius 3 is 1.00 bits per heavy atom. The Morgan fingerprint density at radius 1 is 0.722 bits per heavy atom. The maximum Gasteiger partial charge on any atom is 3.00 e. The van der Waals surface area contributed by atoms with Crippen molar-refractivity contribution in [3.05, 3.63) is 0 Å². The summed E-state index contributed by atoms with van der Waals surface area (Å²) in [5.41, 5.74) is 0. The summed E-state index contributed by atoms with van der Waals surface area (Å²) in [6.45, 7) is 0. The Morgan fingerprint density at radius 2 is 0.944 bits per heavy atom. The molecule has 0 aromatic rings. The van der Waals surface area contributed by atoms with Crippen LogP contribution in [0.3, 0.4) is 0 Å². The molecular weight excluding hydrogens is 476 g/mol. The Hall–Kier alpha value is 0.460. The molecule has 0 bridgehead atoms. The molecule has 0 saturated heterocycles. The topological polar surface area (TPSA) is 114 Å². The summed E-state index contributed by atoms with van der Waals surface area (Å²) in [7, 11) is 0. The van der Waals surface area contributed by atoms with Crippen LogP contribution in [-0.4, -0.2) is 22.2 Å². The molecule has 0 rings (SSSR count). The first-order valence-corrected chi connectivity index (χ1v) is 4.86. The first-order valence-electron chi connectivity index (χ1n) is 4.05. The third-order valence-electron chi connectivity index (χ3n) is 1.07. The smallest absolute Gasteiger partial charge is 0.742 e. The number of carbonyl (C=O) groups is 4. The van der Waals surface area contributed by atoms with Crippen LogP contribution in [-0.2, 0) is 66.8 Å². The summed E-state index contributed by atoms with van der Waals surface area (Å²) in [4.78, 5) is 38.9. The van der Waals surface area contributed by atoms with E-state index in [4.69, 9.17) is 0 Å². The fraction of sp³-hybridized carbons (Fsp3) is 0.500. The molecule has 100 valence electrons. The molecule has 0 aromatic heterocycles. The summed E-state index contributed by atoms with van der Waals surface area (Å²) < 4.78 is 0. The molecule has 0 heterocycles. The third kappa shape index (κ3) is 36.0. The number of carboxylic acid groups (broad SMARTS) is 2. The van der Waals surface area contributed by atoms with Crippen LogP contribution in [0.15, 0.2) is 0 Å². The number of hydrogen-bond donors (Lipinski definition) is 0. The van der Waals surface area contributed by atoms with Crippen LogP contribution < -0.4 is 39.8 Å². The zero-order valence-electron chi connectivity index (χ0n) is 9.40. The summed E-state index contributed by atoms with van der Waals surface area (Å²) in [5.74, 6) is -2.47. The molecule has 10 heteroatoms. The Bertz CT molecular complexity index is 231.